The monoisotopic (exact) mass is 276 g/mol. The summed E-state index contributed by atoms with van der Waals surface area (Å²) < 4.78 is 0. The third-order valence-electron chi connectivity index (χ3n) is 3.81. The predicted octanol–water partition coefficient (Wildman–Crippen LogP) is 2.82. The molecule has 1 unspecified atom stereocenters. The molecule has 0 radical (unpaired) electrons. The Balaban J connectivity index is 2.11. The number of likely N-dealkylation sites (N-methyl/N-ethyl adjacent to an activating group) is 1. The van der Waals surface area contributed by atoms with Gasteiger partial charge in [0.15, 0.2) is 0 Å². The van der Waals surface area contributed by atoms with Gasteiger partial charge in [-0.05, 0) is 46.4 Å². The molecule has 112 valence electrons. The average molecular weight is 276 g/mol. The maximum absolute atomic E-state index is 4.77. The molecule has 0 bridgehead atoms. The smallest absolute Gasteiger partial charge is 0.131 e. The normalized spacial score (nSPS) is 21.1. The van der Waals surface area contributed by atoms with Gasteiger partial charge in [0.1, 0.15) is 11.6 Å². The third-order valence-corrected chi connectivity index (χ3v) is 3.81. The van der Waals surface area contributed by atoms with Crippen molar-refractivity contribution in [3.63, 3.8) is 0 Å². The number of rotatable bonds is 3. The first-order chi connectivity index (χ1) is 9.39. The van der Waals surface area contributed by atoms with Crippen molar-refractivity contribution in [2.24, 2.45) is 0 Å². The molecular formula is C16H28N4. The molecule has 1 aromatic rings. The largest absolute Gasteiger partial charge is 0.365 e. The summed E-state index contributed by atoms with van der Waals surface area (Å²) in [5.74, 6) is 2.05. The lowest BCUT2D eigenvalue weighted by Gasteiger charge is -2.39. The molecule has 20 heavy (non-hydrogen) atoms. The molecule has 1 saturated heterocycles. The van der Waals surface area contributed by atoms with E-state index < -0.39 is 0 Å². The number of pyridine rings is 1. The van der Waals surface area contributed by atoms with Crippen LogP contribution in [0, 0.1) is 0 Å². The second-order valence-electron chi connectivity index (χ2n) is 6.74. The standard InChI is InChI=1S/C16H28N4/c1-6-13-12-20(11-10-19(13)5)15-9-7-8-14(17-15)18-16(2,3)4/h7-9,13H,6,10-12H2,1-5H3,(H,17,18). The molecule has 4 nitrogen and oxygen atoms in total. The number of hydrogen-bond acceptors (Lipinski definition) is 4. The van der Waals surface area contributed by atoms with Gasteiger partial charge >= 0.3 is 0 Å². The Bertz CT molecular complexity index is 438. The van der Waals surface area contributed by atoms with Crippen molar-refractivity contribution in [1.29, 1.82) is 0 Å². The molecule has 2 rings (SSSR count). The minimum Gasteiger partial charge on any atom is -0.365 e. The topological polar surface area (TPSA) is 31.4 Å². The van der Waals surface area contributed by atoms with Gasteiger partial charge in [-0.25, -0.2) is 4.98 Å². The number of nitrogens with one attached hydrogen (secondary N) is 1. The maximum atomic E-state index is 4.77. The molecular weight excluding hydrogens is 248 g/mol. The lowest BCUT2D eigenvalue weighted by molar-refractivity contribution is 0.213. The van der Waals surface area contributed by atoms with Gasteiger partial charge in [0.25, 0.3) is 0 Å². The summed E-state index contributed by atoms with van der Waals surface area (Å²) >= 11 is 0. The number of nitrogens with zero attached hydrogens (tertiary/aromatic N) is 3. The maximum Gasteiger partial charge on any atom is 0.131 e. The Morgan fingerprint density at radius 1 is 1.30 bits per heavy atom. The van der Waals surface area contributed by atoms with Crippen LogP contribution in [-0.2, 0) is 0 Å². The average Bonchev–Trinajstić information content (AvgIpc) is 2.37. The number of aromatic nitrogens is 1. The van der Waals surface area contributed by atoms with Crippen LogP contribution in [0.3, 0.4) is 0 Å². The zero-order chi connectivity index (χ0) is 14.8. The Labute approximate surface area is 123 Å². The second-order valence-corrected chi connectivity index (χ2v) is 6.74. The van der Waals surface area contributed by atoms with Crippen LogP contribution in [-0.4, -0.2) is 48.1 Å². The van der Waals surface area contributed by atoms with E-state index in [2.05, 4.69) is 62.0 Å². The fourth-order valence-electron chi connectivity index (χ4n) is 2.65. The fourth-order valence-corrected chi connectivity index (χ4v) is 2.65. The van der Waals surface area contributed by atoms with Crippen molar-refractivity contribution in [3.05, 3.63) is 18.2 Å². The minimum absolute atomic E-state index is 0.0414. The molecule has 1 atom stereocenters. The molecule has 1 fully saturated rings. The zero-order valence-electron chi connectivity index (χ0n) is 13.5. The van der Waals surface area contributed by atoms with E-state index in [1.54, 1.807) is 0 Å². The van der Waals surface area contributed by atoms with Gasteiger partial charge in [0, 0.05) is 31.2 Å². The van der Waals surface area contributed by atoms with E-state index in [-0.39, 0.29) is 5.54 Å². The second kappa shape index (κ2) is 6.00. The Kier molecular flexibility index (Phi) is 4.53. The van der Waals surface area contributed by atoms with Crippen molar-refractivity contribution in [2.45, 2.75) is 45.7 Å². The Morgan fingerprint density at radius 3 is 2.70 bits per heavy atom. The van der Waals surface area contributed by atoms with E-state index in [9.17, 15) is 0 Å². The van der Waals surface area contributed by atoms with E-state index >= 15 is 0 Å². The van der Waals surface area contributed by atoms with Crippen LogP contribution >= 0.6 is 0 Å². The number of anilines is 2. The summed E-state index contributed by atoms with van der Waals surface area (Å²) in [6, 6.07) is 6.88. The molecule has 2 heterocycles. The molecule has 0 aliphatic carbocycles. The van der Waals surface area contributed by atoms with Crippen molar-refractivity contribution in [3.8, 4) is 0 Å². The van der Waals surface area contributed by atoms with E-state index in [4.69, 9.17) is 4.98 Å². The molecule has 1 N–H and O–H groups in total. The third kappa shape index (κ3) is 3.85. The summed E-state index contributed by atoms with van der Waals surface area (Å²) in [5.41, 5.74) is 0.0414. The van der Waals surface area contributed by atoms with Gasteiger partial charge in [0.2, 0.25) is 0 Å². The summed E-state index contributed by atoms with van der Waals surface area (Å²) in [6.45, 7) is 12.0. The van der Waals surface area contributed by atoms with Gasteiger partial charge in [-0.15, -0.1) is 0 Å². The van der Waals surface area contributed by atoms with Gasteiger partial charge in [0.05, 0.1) is 0 Å². The first kappa shape index (κ1) is 15.1. The van der Waals surface area contributed by atoms with Crippen LogP contribution in [0.2, 0.25) is 0 Å². The minimum atomic E-state index is 0.0414. The van der Waals surface area contributed by atoms with Crippen LogP contribution < -0.4 is 10.2 Å². The molecule has 0 aromatic carbocycles. The van der Waals surface area contributed by atoms with Crippen LogP contribution in [0.15, 0.2) is 18.2 Å². The molecule has 0 spiro atoms. The summed E-state index contributed by atoms with van der Waals surface area (Å²) in [5, 5.41) is 3.45. The van der Waals surface area contributed by atoms with Crippen LogP contribution in [0.25, 0.3) is 0 Å². The SMILES string of the molecule is CCC1CN(c2cccc(NC(C)(C)C)n2)CCN1C. The highest BCUT2D eigenvalue weighted by atomic mass is 15.3. The highest BCUT2D eigenvalue weighted by Gasteiger charge is 2.23. The van der Waals surface area contributed by atoms with Gasteiger partial charge in [-0.3, -0.25) is 4.90 Å². The fraction of sp³-hybridized carbons (Fsp3) is 0.688. The van der Waals surface area contributed by atoms with Gasteiger partial charge in [-0.2, -0.15) is 0 Å². The number of hydrogen-bond donors (Lipinski definition) is 1. The van der Waals surface area contributed by atoms with E-state index in [0.29, 0.717) is 6.04 Å². The van der Waals surface area contributed by atoms with Crippen molar-refractivity contribution >= 4 is 11.6 Å². The summed E-state index contributed by atoms with van der Waals surface area (Å²) in [4.78, 5) is 9.63. The quantitative estimate of drug-likeness (QED) is 0.920. The highest BCUT2D eigenvalue weighted by molar-refractivity contribution is 5.48. The number of piperazine rings is 1. The summed E-state index contributed by atoms with van der Waals surface area (Å²) in [7, 11) is 2.22. The predicted molar refractivity (Wildman–Crippen MR) is 86.5 cm³/mol. The van der Waals surface area contributed by atoms with Crippen LogP contribution in [0.1, 0.15) is 34.1 Å². The van der Waals surface area contributed by atoms with E-state index in [0.717, 1.165) is 31.3 Å². The lowest BCUT2D eigenvalue weighted by Crippen LogP contribution is -2.51. The lowest BCUT2D eigenvalue weighted by atomic mass is 10.1. The van der Waals surface area contributed by atoms with Crippen molar-refractivity contribution < 1.29 is 0 Å². The molecule has 1 aliphatic rings. The Morgan fingerprint density at radius 2 is 2.05 bits per heavy atom. The van der Waals surface area contributed by atoms with Crippen molar-refractivity contribution in [1.82, 2.24) is 9.88 Å². The van der Waals surface area contributed by atoms with Gasteiger partial charge < -0.3 is 10.2 Å². The summed E-state index contributed by atoms with van der Waals surface area (Å²) in [6.07, 6.45) is 1.19. The molecule has 0 amide bonds. The molecule has 1 aliphatic heterocycles. The Hall–Kier alpha value is -1.29. The van der Waals surface area contributed by atoms with E-state index in [1.165, 1.54) is 6.42 Å². The first-order valence-electron chi connectivity index (χ1n) is 7.59. The van der Waals surface area contributed by atoms with Crippen LogP contribution in [0.4, 0.5) is 11.6 Å². The first-order valence-corrected chi connectivity index (χ1v) is 7.59. The highest BCUT2D eigenvalue weighted by Crippen LogP contribution is 2.21. The zero-order valence-corrected chi connectivity index (χ0v) is 13.5. The molecule has 0 saturated carbocycles. The van der Waals surface area contributed by atoms with Crippen molar-refractivity contribution in [2.75, 3.05) is 36.9 Å². The van der Waals surface area contributed by atoms with E-state index in [1.807, 2.05) is 6.07 Å². The molecule has 1 aromatic heterocycles. The van der Waals surface area contributed by atoms with Crippen LogP contribution in [0.5, 0.6) is 0 Å². The van der Waals surface area contributed by atoms with Gasteiger partial charge in [-0.1, -0.05) is 13.0 Å². The molecule has 4 heteroatoms.